The maximum Gasteiger partial charge on any atom is 0.338 e. The van der Waals surface area contributed by atoms with Crippen LogP contribution in [0.15, 0.2) is 279 Å². The lowest BCUT2D eigenvalue weighted by Gasteiger charge is -2.50. The van der Waals surface area contributed by atoms with Crippen molar-refractivity contribution in [3.05, 3.63) is 335 Å². The van der Waals surface area contributed by atoms with Gasteiger partial charge in [0.15, 0.2) is 17.6 Å². The van der Waals surface area contributed by atoms with Crippen LogP contribution < -0.4 is 18.9 Å². The molecule has 15 nitrogen and oxygen atoms in total. The Morgan fingerprint density at radius 3 is 1.05 bits per heavy atom. The molecular formula is C85H86O15. The molecule has 2 saturated heterocycles. The monoisotopic (exact) mass is 1350 g/mol. The smallest absolute Gasteiger partial charge is 0.338 e. The van der Waals surface area contributed by atoms with E-state index in [9.17, 15) is 0 Å². The van der Waals surface area contributed by atoms with Gasteiger partial charge in [-0.05, 0) is 74.3 Å². The van der Waals surface area contributed by atoms with Gasteiger partial charge in [0, 0.05) is 6.42 Å². The molecule has 0 saturated carbocycles. The second-order valence-corrected chi connectivity index (χ2v) is 24.7. The van der Waals surface area contributed by atoms with Crippen LogP contribution >= 0.6 is 0 Å². The molecule has 0 aliphatic carbocycles. The topological polar surface area (TPSA) is 146 Å². The molecule has 10 aromatic rings. The number of methoxy groups -OCH3 is 4. The molecule has 12 rings (SSSR count). The van der Waals surface area contributed by atoms with E-state index in [0.29, 0.717) is 18.1 Å². The van der Waals surface area contributed by atoms with Crippen LogP contribution in [0.3, 0.4) is 0 Å². The minimum absolute atomic E-state index is 0.0204. The number of carbonyl (C=O) groups is 1. The maximum absolute atomic E-state index is 15.7. The summed E-state index contributed by atoms with van der Waals surface area (Å²) < 4.78 is 96.8. The molecule has 0 N–H and O–H groups in total. The molecule has 0 unspecified atom stereocenters. The lowest BCUT2D eigenvalue weighted by atomic mass is 9.80. The molecule has 2 aliphatic heterocycles. The summed E-state index contributed by atoms with van der Waals surface area (Å²) in [5, 5.41) is 0. The fourth-order valence-electron chi connectivity index (χ4n) is 13.2. The SMILES string of the molecule is COc1ccc(C(OC[C@H]2O[C@@H](C[C@H]3O[C@H](COCc4ccccc4)[C@@H](OCc4ccccc4)[C@H](OCc4ccccc4)[C@H]3OCc3ccccc3)[C@@H](OC(=O)c3cc(OC)c(OC)c(OC)c3)[C@@H](OCc3ccccc3)[C@@H]2OCc2ccccc2)(c2ccccc2)c2ccccc2)cc1. The van der Waals surface area contributed by atoms with Gasteiger partial charge in [0.1, 0.15) is 60.2 Å². The standard InChI is InChI=1S/C85H86O15/c1-87-70-47-45-69(46-48-70)85(67-41-25-11-26-42-67,68-43-27-12-28-44-68)97-59-76-80(94-55-63-35-19-8-20-36-63)83(96-57-65-39-23-10-24-40-65)81(100-84(86)66-49-71(88-2)77(90-4)72(50-66)89-3)74(99-76)51-73-78(92-53-61-31-15-6-16-32-61)82(95-56-64-37-21-9-22-38-64)79(93-54-62-33-17-7-18-34-62)75(98-73)58-91-52-60-29-13-5-14-30-60/h5-50,73-76,78-83H,51-59H2,1-4H3/t73-,74+,75-,76-,78+,79-,80-,81-,82-,83+/m1/s1. The lowest BCUT2D eigenvalue weighted by Crippen LogP contribution is -2.65. The van der Waals surface area contributed by atoms with Gasteiger partial charge in [0.2, 0.25) is 5.75 Å². The average Bonchev–Trinajstić information content (AvgIpc) is 0.759. The molecule has 0 bridgehead atoms. The van der Waals surface area contributed by atoms with Crippen molar-refractivity contribution in [1.82, 2.24) is 0 Å². The van der Waals surface area contributed by atoms with Crippen LogP contribution in [0, 0.1) is 0 Å². The highest BCUT2D eigenvalue weighted by Crippen LogP contribution is 2.45. The predicted octanol–water partition coefficient (Wildman–Crippen LogP) is 15.3. The Balaban J connectivity index is 1.03. The Morgan fingerprint density at radius 1 is 0.340 bits per heavy atom. The molecule has 100 heavy (non-hydrogen) atoms. The van der Waals surface area contributed by atoms with E-state index in [1.165, 1.54) is 21.3 Å². The summed E-state index contributed by atoms with van der Waals surface area (Å²) in [7, 11) is 6.15. The van der Waals surface area contributed by atoms with Gasteiger partial charge in [-0.25, -0.2) is 4.79 Å². The van der Waals surface area contributed by atoms with Crippen molar-refractivity contribution < 1.29 is 71.1 Å². The molecule has 516 valence electrons. The van der Waals surface area contributed by atoms with Crippen molar-refractivity contribution in [3.8, 4) is 23.0 Å². The molecule has 2 fully saturated rings. The Bertz CT molecular complexity index is 3970. The Morgan fingerprint density at radius 2 is 0.670 bits per heavy atom. The second kappa shape index (κ2) is 35.5. The number of rotatable bonds is 33. The van der Waals surface area contributed by atoms with Crippen LogP contribution in [-0.2, 0) is 92.6 Å². The summed E-state index contributed by atoms with van der Waals surface area (Å²) in [6.07, 6.45) is -9.52. The number of esters is 1. The van der Waals surface area contributed by atoms with Crippen LogP contribution in [-0.4, -0.2) is 109 Å². The highest BCUT2D eigenvalue weighted by atomic mass is 16.6. The predicted molar refractivity (Wildman–Crippen MR) is 380 cm³/mol. The first kappa shape index (κ1) is 70.4. The van der Waals surface area contributed by atoms with Gasteiger partial charge >= 0.3 is 5.97 Å². The molecule has 10 atom stereocenters. The van der Waals surface area contributed by atoms with Crippen LogP contribution in [0.2, 0.25) is 0 Å². The third-order valence-electron chi connectivity index (χ3n) is 18.2. The van der Waals surface area contributed by atoms with E-state index in [1.54, 1.807) is 19.2 Å². The first-order valence-corrected chi connectivity index (χ1v) is 33.9. The maximum atomic E-state index is 15.7. The Hall–Kier alpha value is -9.49. The number of ether oxygens (including phenoxy) is 14. The zero-order valence-corrected chi connectivity index (χ0v) is 56.8. The first-order chi connectivity index (χ1) is 49.3. The molecule has 0 radical (unpaired) electrons. The summed E-state index contributed by atoms with van der Waals surface area (Å²) in [5.74, 6) is 0.745. The number of hydrogen-bond donors (Lipinski definition) is 0. The Labute approximate surface area is 586 Å². The van der Waals surface area contributed by atoms with Crippen LogP contribution in [0.4, 0.5) is 0 Å². The van der Waals surface area contributed by atoms with Crippen molar-refractivity contribution in [2.24, 2.45) is 0 Å². The van der Waals surface area contributed by atoms with E-state index in [1.807, 2.05) is 243 Å². The van der Waals surface area contributed by atoms with E-state index in [-0.39, 0.29) is 69.7 Å². The molecule has 2 heterocycles. The molecule has 2 aliphatic rings. The molecule has 15 heteroatoms. The minimum Gasteiger partial charge on any atom is -0.497 e. The molecule has 0 spiro atoms. The summed E-state index contributed by atoms with van der Waals surface area (Å²) in [4.78, 5) is 15.7. The highest BCUT2D eigenvalue weighted by molar-refractivity contribution is 5.91. The van der Waals surface area contributed by atoms with Gasteiger partial charge in [0.25, 0.3) is 0 Å². The number of hydrogen-bond acceptors (Lipinski definition) is 15. The van der Waals surface area contributed by atoms with E-state index >= 15 is 4.79 Å². The van der Waals surface area contributed by atoms with E-state index in [2.05, 4.69) is 24.3 Å². The fourth-order valence-corrected chi connectivity index (χ4v) is 13.2. The van der Waals surface area contributed by atoms with Gasteiger partial charge in [-0.3, -0.25) is 0 Å². The van der Waals surface area contributed by atoms with Crippen molar-refractivity contribution in [1.29, 1.82) is 0 Å². The molecular weight excluding hydrogens is 1260 g/mol. The first-order valence-electron chi connectivity index (χ1n) is 33.9. The normalized spacial score (nSPS) is 20.6. The summed E-state index contributed by atoms with van der Waals surface area (Å²) >= 11 is 0. The van der Waals surface area contributed by atoms with Crippen LogP contribution in [0.1, 0.15) is 66.8 Å². The van der Waals surface area contributed by atoms with Gasteiger partial charge in [-0.2, -0.15) is 0 Å². The Kier molecular flexibility index (Phi) is 25.0. The van der Waals surface area contributed by atoms with Gasteiger partial charge in [-0.15, -0.1) is 0 Å². The van der Waals surface area contributed by atoms with Crippen molar-refractivity contribution in [2.45, 2.75) is 113 Å². The van der Waals surface area contributed by atoms with E-state index < -0.39 is 72.6 Å². The quantitative estimate of drug-likeness (QED) is 0.0284. The van der Waals surface area contributed by atoms with Crippen molar-refractivity contribution in [2.75, 3.05) is 41.7 Å². The highest BCUT2D eigenvalue weighted by Gasteiger charge is 2.55. The molecule has 0 aromatic heterocycles. The van der Waals surface area contributed by atoms with E-state index in [0.717, 1.165) is 50.1 Å². The summed E-state index contributed by atoms with van der Waals surface area (Å²) in [6.45, 7) is 1.09. The fraction of sp³-hybridized carbons (Fsp3) is 0.282. The minimum atomic E-state index is -1.26. The zero-order chi connectivity index (χ0) is 68.7. The zero-order valence-electron chi connectivity index (χ0n) is 56.8. The van der Waals surface area contributed by atoms with E-state index in [4.69, 9.17) is 66.3 Å². The van der Waals surface area contributed by atoms with Crippen molar-refractivity contribution >= 4 is 5.97 Å². The number of carbonyl (C=O) groups excluding carboxylic acids is 1. The van der Waals surface area contributed by atoms with Gasteiger partial charge in [0.05, 0.1) is 93.0 Å². The molecule has 10 aromatic carbocycles. The molecule has 0 amide bonds. The van der Waals surface area contributed by atoms with Gasteiger partial charge < -0.3 is 66.3 Å². The average molecular weight is 1350 g/mol. The van der Waals surface area contributed by atoms with Crippen LogP contribution in [0.25, 0.3) is 0 Å². The number of benzene rings is 10. The van der Waals surface area contributed by atoms with Crippen molar-refractivity contribution in [3.63, 3.8) is 0 Å². The van der Waals surface area contributed by atoms with Crippen LogP contribution in [0.5, 0.6) is 23.0 Å². The summed E-state index contributed by atoms with van der Waals surface area (Å²) in [5.41, 5.74) is 6.95. The second-order valence-electron chi connectivity index (χ2n) is 24.7. The third kappa shape index (κ3) is 17.7. The van der Waals surface area contributed by atoms with Gasteiger partial charge in [-0.1, -0.05) is 255 Å². The lowest BCUT2D eigenvalue weighted by molar-refractivity contribution is -0.294. The largest absolute Gasteiger partial charge is 0.497 e. The third-order valence-corrected chi connectivity index (χ3v) is 18.2. The summed E-state index contributed by atoms with van der Waals surface area (Å²) in [6, 6.07) is 91.2.